The molecule has 6 heteroatoms. The van der Waals surface area contributed by atoms with Crippen molar-refractivity contribution in [3.63, 3.8) is 0 Å². The highest BCUT2D eigenvalue weighted by Crippen LogP contribution is 2.18. The molecule has 0 heterocycles. The van der Waals surface area contributed by atoms with Crippen molar-refractivity contribution in [3.05, 3.63) is 29.3 Å². The Bertz CT molecular complexity index is 588. The van der Waals surface area contributed by atoms with E-state index in [0.717, 1.165) is 29.7 Å². The Hall–Kier alpha value is -0.560. The summed E-state index contributed by atoms with van der Waals surface area (Å²) < 4.78 is 30.8. The summed E-state index contributed by atoms with van der Waals surface area (Å²) >= 11 is 4.50. The lowest BCUT2D eigenvalue weighted by Gasteiger charge is -2.10. The maximum Gasteiger partial charge on any atom is 0.336 e. The second-order valence-corrected chi connectivity index (χ2v) is 8.35. The molecule has 0 amide bonds. The van der Waals surface area contributed by atoms with Gasteiger partial charge in [-0.25, -0.2) is 0 Å². The second kappa shape index (κ2) is 12.7. The summed E-state index contributed by atoms with van der Waals surface area (Å²) in [7, 11) is -3.69. The predicted molar refractivity (Wildman–Crippen MR) is 107 cm³/mol. The minimum atomic E-state index is -3.69. The fourth-order valence-corrected chi connectivity index (χ4v) is 3.62. The molecule has 0 fully saturated rings. The van der Waals surface area contributed by atoms with Crippen molar-refractivity contribution in [2.75, 3.05) is 6.61 Å². The number of hydrogen-bond acceptors (Lipinski definition) is 4. The van der Waals surface area contributed by atoms with Crippen molar-refractivity contribution in [2.24, 2.45) is 0 Å². The van der Waals surface area contributed by atoms with Gasteiger partial charge in [0.05, 0.1) is 6.61 Å². The molecule has 0 radical (unpaired) electrons. The Morgan fingerprint density at radius 3 is 2.36 bits per heavy atom. The summed E-state index contributed by atoms with van der Waals surface area (Å²) in [5.41, 5.74) is 2.11. The Labute approximate surface area is 159 Å². The maximum atomic E-state index is 11.7. The largest absolute Gasteiger partial charge is 0.336 e. The average molecular weight is 388 g/mol. The maximum absolute atomic E-state index is 11.7. The minimum Gasteiger partial charge on any atom is -0.258 e. The third-order valence-electron chi connectivity index (χ3n) is 4.14. The van der Waals surface area contributed by atoms with E-state index in [4.69, 9.17) is 4.18 Å². The van der Waals surface area contributed by atoms with Gasteiger partial charge in [0, 0.05) is 11.4 Å². The summed E-state index contributed by atoms with van der Waals surface area (Å²) in [6.07, 6.45) is 10.4. The van der Waals surface area contributed by atoms with E-state index in [1.54, 1.807) is 0 Å². The summed E-state index contributed by atoms with van der Waals surface area (Å²) in [5.74, 6) is 0. The van der Waals surface area contributed by atoms with E-state index in [-0.39, 0.29) is 13.2 Å². The summed E-state index contributed by atoms with van der Waals surface area (Å²) in [4.78, 5) is 0.819. The fourth-order valence-electron chi connectivity index (χ4n) is 2.54. The first kappa shape index (κ1) is 22.5. The number of benzene rings is 1. The molecular formula is C19H33NO3S2. The zero-order valence-corrected chi connectivity index (χ0v) is 17.3. The Kier molecular flexibility index (Phi) is 11.5. The molecule has 25 heavy (non-hydrogen) atoms. The second-order valence-electron chi connectivity index (χ2n) is 6.43. The topological polar surface area (TPSA) is 55.4 Å². The summed E-state index contributed by atoms with van der Waals surface area (Å²) in [5, 5.41) is 0. The molecule has 0 aromatic heterocycles. The van der Waals surface area contributed by atoms with Gasteiger partial charge >= 0.3 is 10.3 Å². The molecule has 0 saturated heterocycles. The quantitative estimate of drug-likeness (QED) is 0.348. The van der Waals surface area contributed by atoms with Crippen LogP contribution < -0.4 is 4.72 Å². The van der Waals surface area contributed by atoms with E-state index in [0.29, 0.717) is 0 Å². The average Bonchev–Trinajstić information content (AvgIpc) is 2.57. The number of unbranched alkanes of at least 4 members (excludes halogenated alkanes) is 6. The van der Waals surface area contributed by atoms with Gasteiger partial charge in [-0.15, -0.1) is 12.6 Å². The van der Waals surface area contributed by atoms with Crippen LogP contribution in [0.5, 0.6) is 0 Å². The highest BCUT2D eigenvalue weighted by atomic mass is 32.2. The van der Waals surface area contributed by atoms with E-state index in [1.807, 2.05) is 19.1 Å². The van der Waals surface area contributed by atoms with Crippen molar-refractivity contribution < 1.29 is 12.6 Å². The van der Waals surface area contributed by atoms with Crippen LogP contribution in [-0.2, 0) is 27.5 Å². The summed E-state index contributed by atoms with van der Waals surface area (Å²) in [6.45, 7) is 4.64. The zero-order chi connectivity index (χ0) is 18.5. The summed E-state index contributed by atoms with van der Waals surface area (Å²) in [6, 6.07) is 6.05. The van der Waals surface area contributed by atoms with Crippen LogP contribution >= 0.6 is 12.6 Å². The lowest BCUT2D eigenvalue weighted by atomic mass is 10.0. The van der Waals surface area contributed by atoms with Crippen LogP contribution in [0.4, 0.5) is 0 Å². The first-order valence-electron chi connectivity index (χ1n) is 9.43. The van der Waals surface area contributed by atoms with Crippen molar-refractivity contribution >= 4 is 22.9 Å². The SMILES string of the molecule is CCCCCCCCc1ccc(CNS(=O)(=O)OCCCC)c(S)c1. The van der Waals surface area contributed by atoms with Crippen LogP contribution in [0.2, 0.25) is 0 Å². The standard InChI is InChI=1S/C19H33NO3S2/c1-3-5-7-8-9-10-11-17-12-13-18(19(24)15-17)16-20-25(21,22)23-14-6-4-2/h12-13,15,20,24H,3-11,14,16H2,1-2H3. The van der Waals surface area contributed by atoms with Crippen molar-refractivity contribution in [1.29, 1.82) is 0 Å². The number of rotatable bonds is 14. The van der Waals surface area contributed by atoms with Gasteiger partial charge in [-0.3, -0.25) is 4.18 Å². The van der Waals surface area contributed by atoms with Crippen molar-refractivity contribution in [3.8, 4) is 0 Å². The molecule has 1 aromatic carbocycles. The van der Waals surface area contributed by atoms with Gasteiger partial charge in [-0.2, -0.15) is 13.1 Å². The number of thiol groups is 1. The number of hydrogen-bond donors (Lipinski definition) is 2. The molecule has 0 aliphatic carbocycles. The lowest BCUT2D eigenvalue weighted by molar-refractivity contribution is 0.304. The van der Waals surface area contributed by atoms with Crippen LogP contribution in [0, 0.1) is 0 Å². The fraction of sp³-hybridized carbons (Fsp3) is 0.684. The smallest absolute Gasteiger partial charge is 0.258 e. The molecule has 0 spiro atoms. The molecule has 1 aromatic rings. The zero-order valence-electron chi connectivity index (χ0n) is 15.6. The van der Waals surface area contributed by atoms with Crippen molar-refractivity contribution in [1.82, 2.24) is 4.72 Å². The van der Waals surface area contributed by atoms with E-state index in [1.165, 1.54) is 44.1 Å². The predicted octanol–water partition coefficient (Wildman–Crippen LogP) is 5.03. The number of nitrogens with one attached hydrogen (secondary N) is 1. The van der Waals surface area contributed by atoms with Crippen LogP contribution in [0.1, 0.15) is 76.3 Å². The highest BCUT2D eigenvalue weighted by Gasteiger charge is 2.11. The van der Waals surface area contributed by atoms with Crippen LogP contribution in [-0.4, -0.2) is 15.0 Å². The lowest BCUT2D eigenvalue weighted by Crippen LogP contribution is -2.26. The molecule has 144 valence electrons. The Morgan fingerprint density at radius 1 is 1.00 bits per heavy atom. The third kappa shape index (κ3) is 10.2. The molecule has 0 saturated carbocycles. The van der Waals surface area contributed by atoms with Gasteiger partial charge in [0.25, 0.3) is 0 Å². The van der Waals surface area contributed by atoms with Gasteiger partial charge in [-0.1, -0.05) is 64.5 Å². The molecule has 0 aliphatic heterocycles. The molecule has 0 unspecified atom stereocenters. The van der Waals surface area contributed by atoms with E-state index >= 15 is 0 Å². The van der Waals surface area contributed by atoms with Gasteiger partial charge in [0.1, 0.15) is 0 Å². The molecule has 0 atom stereocenters. The van der Waals surface area contributed by atoms with E-state index < -0.39 is 10.3 Å². The first-order valence-corrected chi connectivity index (χ1v) is 11.3. The van der Waals surface area contributed by atoms with E-state index in [2.05, 4.69) is 30.3 Å². The van der Waals surface area contributed by atoms with Crippen molar-refractivity contribution in [2.45, 2.75) is 83.1 Å². The molecule has 1 N–H and O–H groups in total. The normalized spacial score (nSPS) is 11.8. The van der Waals surface area contributed by atoms with Gasteiger partial charge in [0.2, 0.25) is 0 Å². The van der Waals surface area contributed by atoms with E-state index in [9.17, 15) is 8.42 Å². The van der Waals surface area contributed by atoms with Gasteiger partial charge in [0.15, 0.2) is 0 Å². The third-order valence-corrected chi connectivity index (χ3v) is 5.54. The monoisotopic (exact) mass is 387 g/mol. The molecular weight excluding hydrogens is 354 g/mol. The van der Waals surface area contributed by atoms with Crippen LogP contribution in [0.25, 0.3) is 0 Å². The number of aryl methyl sites for hydroxylation is 1. The molecule has 1 rings (SSSR count). The molecule has 0 aliphatic rings. The van der Waals surface area contributed by atoms with Gasteiger partial charge in [-0.05, 0) is 36.5 Å². The molecule has 0 bridgehead atoms. The highest BCUT2D eigenvalue weighted by molar-refractivity contribution is 7.84. The van der Waals surface area contributed by atoms with Crippen LogP contribution in [0.15, 0.2) is 23.1 Å². The van der Waals surface area contributed by atoms with Gasteiger partial charge < -0.3 is 0 Å². The molecule has 4 nitrogen and oxygen atoms in total. The van der Waals surface area contributed by atoms with Crippen LogP contribution in [0.3, 0.4) is 0 Å². The Morgan fingerprint density at radius 2 is 1.68 bits per heavy atom. The minimum absolute atomic E-state index is 0.199. The first-order chi connectivity index (χ1) is 12.0. The Balaban J connectivity index is 2.39.